The summed E-state index contributed by atoms with van der Waals surface area (Å²) >= 11 is 9.55. The molecule has 0 spiro atoms. The lowest BCUT2D eigenvalue weighted by atomic mass is 9.95. The summed E-state index contributed by atoms with van der Waals surface area (Å²) in [5.74, 6) is -0.874. The number of carboxylic acids is 1. The van der Waals surface area contributed by atoms with Crippen molar-refractivity contribution in [2.45, 2.75) is 26.2 Å². The van der Waals surface area contributed by atoms with Gasteiger partial charge in [0.1, 0.15) is 5.82 Å². The average Bonchev–Trinajstić information content (AvgIpc) is 2.77. The predicted molar refractivity (Wildman–Crippen MR) is 79.7 cm³/mol. The fraction of sp³-hybridized carbons (Fsp3) is 0.308. The number of hydrogen-bond acceptors (Lipinski definition) is 3. The van der Waals surface area contributed by atoms with Crippen LogP contribution in [0.1, 0.15) is 37.2 Å². The van der Waals surface area contributed by atoms with Crippen LogP contribution in [0, 0.1) is 0 Å². The molecule has 0 aliphatic rings. The van der Waals surface area contributed by atoms with Gasteiger partial charge in [-0.1, -0.05) is 48.3 Å². The maximum Gasteiger partial charge on any atom is 0.375 e. The van der Waals surface area contributed by atoms with Gasteiger partial charge in [0.15, 0.2) is 0 Å². The molecule has 5 nitrogen and oxygen atoms in total. The minimum absolute atomic E-state index is 0.244. The summed E-state index contributed by atoms with van der Waals surface area (Å²) in [5, 5.41) is 13.6. The van der Waals surface area contributed by atoms with Gasteiger partial charge in [0.2, 0.25) is 0 Å². The summed E-state index contributed by atoms with van der Waals surface area (Å²) in [7, 11) is 0. The molecule has 2 rings (SSSR count). The second kappa shape index (κ2) is 5.18. The third kappa shape index (κ3) is 2.86. The minimum Gasteiger partial charge on any atom is -0.475 e. The molecule has 1 aromatic heterocycles. The summed E-state index contributed by atoms with van der Waals surface area (Å²) in [6.07, 6.45) is 0. The van der Waals surface area contributed by atoms with Crippen molar-refractivity contribution in [3.63, 3.8) is 0 Å². The summed E-state index contributed by atoms with van der Waals surface area (Å²) in [6, 6.07) is 5.30. The van der Waals surface area contributed by atoms with Crippen LogP contribution in [0.25, 0.3) is 5.69 Å². The molecular formula is C13H13BrClN3O2. The molecule has 0 amide bonds. The Morgan fingerprint density at radius 3 is 2.60 bits per heavy atom. The normalized spacial score (nSPS) is 11.7. The van der Waals surface area contributed by atoms with E-state index in [2.05, 4.69) is 26.0 Å². The summed E-state index contributed by atoms with van der Waals surface area (Å²) in [6.45, 7) is 5.81. The van der Waals surface area contributed by atoms with Crippen LogP contribution in [0.3, 0.4) is 0 Å². The molecule has 0 aliphatic heterocycles. The van der Waals surface area contributed by atoms with Crippen LogP contribution in [0.5, 0.6) is 0 Å². The first-order valence-electron chi connectivity index (χ1n) is 5.86. The second-order valence-corrected chi connectivity index (χ2v) is 6.64. The monoisotopic (exact) mass is 357 g/mol. The Kier molecular flexibility index (Phi) is 3.88. The standard InChI is InChI=1S/C13H13BrClN3O2/c1-13(2,3)12-16-10(11(19)20)17-18(12)9-6-7(14)4-5-8(9)15/h4-6H,1-3H3,(H,19,20). The molecule has 1 N–H and O–H groups in total. The SMILES string of the molecule is CC(C)(C)c1nc(C(=O)O)nn1-c1cc(Br)ccc1Cl. The fourth-order valence-corrected chi connectivity index (χ4v) is 2.25. The number of carboxylic acid groups (broad SMARTS) is 1. The predicted octanol–water partition coefficient (Wildman–Crippen LogP) is 3.68. The average molecular weight is 359 g/mol. The Balaban J connectivity index is 2.72. The van der Waals surface area contributed by atoms with Crippen molar-refractivity contribution >= 4 is 33.5 Å². The van der Waals surface area contributed by atoms with Crippen molar-refractivity contribution in [1.29, 1.82) is 0 Å². The molecule has 0 atom stereocenters. The zero-order valence-electron chi connectivity index (χ0n) is 11.2. The lowest BCUT2D eigenvalue weighted by Crippen LogP contribution is -2.19. The van der Waals surface area contributed by atoms with Crippen molar-refractivity contribution < 1.29 is 9.90 Å². The first-order chi connectivity index (χ1) is 9.20. The van der Waals surface area contributed by atoms with Crippen molar-refractivity contribution in [1.82, 2.24) is 14.8 Å². The summed E-state index contributed by atoms with van der Waals surface area (Å²) in [4.78, 5) is 15.2. The van der Waals surface area contributed by atoms with Crippen LogP contribution < -0.4 is 0 Å². The topological polar surface area (TPSA) is 68.0 Å². The number of hydrogen-bond donors (Lipinski definition) is 1. The number of benzene rings is 1. The molecule has 106 valence electrons. The first kappa shape index (κ1) is 15.0. The highest BCUT2D eigenvalue weighted by atomic mass is 79.9. The molecular weight excluding hydrogens is 346 g/mol. The van der Waals surface area contributed by atoms with E-state index in [4.69, 9.17) is 16.7 Å². The van der Waals surface area contributed by atoms with Gasteiger partial charge in [0.05, 0.1) is 10.7 Å². The quantitative estimate of drug-likeness (QED) is 0.889. The number of aromatic carboxylic acids is 1. The van der Waals surface area contributed by atoms with E-state index in [1.54, 1.807) is 18.2 Å². The van der Waals surface area contributed by atoms with Crippen molar-refractivity contribution in [3.8, 4) is 5.69 Å². The van der Waals surface area contributed by atoms with Crippen LogP contribution in [0.15, 0.2) is 22.7 Å². The van der Waals surface area contributed by atoms with Crippen molar-refractivity contribution in [3.05, 3.63) is 39.3 Å². The van der Waals surface area contributed by atoms with E-state index in [0.29, 0.717) is 16.5 Å². The molecule has 2 aromatic rings. The van der Waals surface area contributed by atoms with E-state index >= 15 is 0 Å². The third-order valence-electron chi connectivity index (χ3n) is 2.61. The van der Waals surface area contributed by atoms with Gasteiger partial charge in [-0.25, -0.2) is 14.5 Å². The highest BCUT2D eigenvalue weighted by Crippen LogP contribution is 2.29. The molecule has 0 saturated heterocycles. The van der Waals surface area contributed by atoms with Gasteiger partial charge in [0, 0.05) is 9.89 Å². The minimum atomic E-state index is -1.17. The number of rotatable bonds is 2. The molecule has 1 aromatic carbocycles. The smallest absolute Gasteiger partial charge is 0.375 e. The van der Waals surface area contributed by atoms with Crippen LogP contribution in [-0.2, 0) is 5.41 Å². The molecule has 0 fully saturated rings. The van der Waals surface area contributed by atoms with Gasteiger partial charge in [-0.3, -0.25) is 0 Å². The number of halogens is 2. The fourth-order valence-electron chi connectivity index (χ4n) is 1.70. The van der Waals surface area contributed by atoms with E-state index < -0.39 is 5.97 Å². The summed E-state index contributed by atoms with van der Waals surface area (Å²) in [5.41, 5.74) is 0.220. The largest absolute Gasteiger partial charge is 0.475 e. The maximum atomic E-state index is 11.1. The molecule has 0 saturated carbocycles. The molecule has 7 heteroatoms. The Hall–Kier alpha value is -1.40. The molecule has 0 bridgehead atoms. The molecule has 0 unspecified atom stereocenters. The van der Waals surface area contributed by atoms with Gasteiger partial charge >= 0.3 is 5.97 Å². The zero-order chi connectivity index (χ0) is 15.1. The van der Waals surface area contributed by atoms with Crippen LogP contribution in [0.4, 0.5) is 0 Å². The van der Waals surface area contributed by atoms with Gasteiger partial charge in [-0.05, 0) is 18.2 Å². The highest BCUT2D eigenvalue weighted by Gasteiger charge is 2.26. The lowest BCUT2D eigenvalue weighted by Gasteiger charge is -2.18. The van der Waals surface area contributed by atoms with Crippen LogP contribution in [0.2, 0.25) is 5.02 Å². The van der Waals surface area contributed by atoms with E-state index in [9.17, 15) is 4.79 Å². The van der Waals surface area contributed by atoms with E-state index in [-0.39, 0.29) is 11.2 Å². The third-order valence-corrected chi connectivity index (χ3v) is 3.42. The number of aromatic nitrogens is 3. The van der Waals surface area contributed by atoms with Crippen molar-refractivity contribution in [2.75, 3.05) is 0 Å². The molecule has 0 aliphatic carbocycles. The Bertz CT molecular complexity index is 677. The lowest BCUT2D eigenvalue weighted by molar-refractivity contribution is 0.0683. The Morgan fingerprint density at radius 1 is 1.40 bits per heavy atom. The van der Waals surface area contributed by atoms with Crippen molar-refractivity contribution in [2.24, 2.45) is 0 Å². The highest BCUT2D eigenvalue weighted by molar-refractivity contribution is 9.10. The Morgan fingerprint density at radius 2 is 2.05 bits per heavy atom. The van der Waals surface area contributed by atoms with Gasteiger partial charge in [-0.2, -0.15) is 0 Å². The Labute approximate surface area is 129 Å². The van der Waals surface area contributed by atoms with Crippen LogP contribution in [-0.4, -0.2) is 25.8 Å². The molecule has 1 heterocycles. The molecule has 20 heavy (non-hydrogen) atoms. The van der Waals surface area contributed by atoms with E-state index in [1.807, 2.05) is 20.8 Å². The number of carbonyl (C=O) groups is 1. The number of nitrogens with zero attached hydrogens (tertiary/aromatic N) is 3. The zero-order valence-corrected chi connectivity index (χ0v) is 13.5. The van der Waals surface area contributed by atoms with Gasteiger partial charge in [-0.15, -0.1) is 5.10 Å². The second-order valence-electron chi connectivity index (χ2n) is 5.32. The van der Waals surface area contributed by atoms with E-state index in [1.165, 1.54) is 4.68 Å². The van der Waals surface area contributed by atoms with Crippen LogP contribution >= 0.6 is 27.5 Å². The van der Waals surface area contributed by atoms with Gasteiger partial charge in [0.25, 0.3) is 5.82 Å². The molecule has 0 radical (unpaired) electrons. The van der Waals surface area contributed by atoms with E-state index in [0.717, 1.165) is 4.47 Å². The maximum absolute atomic E-state index is 11.1. The summed E-state index contributed by atoms with van der Waals surface area (Å²) < 4.78 is 2.31. The first-order valence-corrected chi connectivity index (χ1v) is 7.03. The van der Waals surface area contributed by atoms with Gasteiger partial charge < -0.3 is 5.11 Å².